The third kappa shape index (κ3) is 9.85. The number of halogens is 1. The van der Waals surface area contributed by atoms with Crippen LogP contribution in [-0.2, 0) is 24.5 Å². The van der Waals surface area contributed by atoms with Gasteiger partial charge in [0, 0.05) is 38.3 Å². The van der Waals surface area contributed by atoms with Gasteiger partial charge in [0.2, 0.25) is 17.7 Å². The van der Waals surface area contributed by atoms with Gasteiger partial charge in [-0.2, -0.15) is 8.42 Å². The number of nitrogens with two attached hydrogens (primary N) is 1. The van der Waals surface area contributed by atoms with Crippen LogP contribution in [0.1, 0.15) is 111 Å². The number of aliphatic hydroxyl groups is 1. The molecule has 3 amide bonds. The van der Waals surface area contributed by atoms with E-state index in [4.69, 9.17) is 10.3 Å². The molecule has 43 heavy (non-hydrogen) atoms. The van der Waals surface area contributed by atoms with Crippen LogP contribution < -0.4 is 16.4 Å². The molecule has 0 spiro atoms. The Morgan fingerprint density at radius 1 is 0.977 bits per heavy atom. The van der Waals surface area contributed by atoms with Crippen LogP contribution in [0.2, 0.25) is 0 Å². The Bertz CT molecular complexity index is 1090. The Morgan fingerprint density at radius 3 is 2.30 bits per heavy atom. The number of primary amides is 1. The van der Waals surface area contributed by atoms with Gasteiger partial charge in [0.15, 0.2) is 6.36 Å². The summed E-state index contributed by atoms with van der Waals surface area (Å²) < 4.78 is 44.7. The summed E-state index contributed by atoms with van der Waals surface area (Å²) >= 11 is 0. The molecular formula is C31H54FN3O7S. The molecule has 12 heteroatoms. The minimum Gasteiger partial charge on any atom is -0.370 e. The minimum atomic E-state index is -4.10. The lowest BCUT2D eigenvalue weighted by Crippen LogP contribution is -2.50. The van der Waals surface area contributed by atoms with Gasteiger partial charge in [-0.25, -0.2) is 4.39 Å². The van der Waals surface area contributed by atoms with Gasteiger partial charge < -0.3 is 21.5 Å². The van der Waals surface area contributed by atoms with Crippen LogP contribution in [0.3, 0.4) is 0 Å². The number of nitrogens with one attached hydrogen (secondary N) is 2. The van der Waals surface area contributed by atoms with E-state index < -0.39 is 28.1 Å². The van der Waals surface area contributed by atoms with Gasteiger partial charge in [-0.1, -0.05) is 20.8 Å². The van der Waals surface area contributed by atoms with Crippen LogP contribution in [0.25, 0.3) is 0 Å². The van der Waals surface area contributed by atoms with Crippen molar-refractivity contribution >= 4 is 27.8 Å². The zero-order valence-electron chi connectivity index (χ0n) is 26.2. The second-order valence-electron chi connectivity index (χ2n) is 14.2. The molecule has 9 atom stereocenters. The fraction of sp³-hybridized carbons (Fsp3) is 0.903. The van der Waals surface area contributed by atoms with Crippen molar-refractivity contribution in [3.8, 4) is 0 Å². The maximum atomic E-state index is 14.1. The topological polar surface area (TPSA) is 176 Å². The summed E-state index contributed by atoms with van der Waals surface area (Å²) in [5, 5.41) is 15.4. The summed E-state index contributed by atoms with van der Waals surface area (Å²) in [6.45, 7) is 6.76. The number of amides is 3. The van der Waals surface area contributed by atoms with Gasteiger partial charge in [0.1, 0.15) is 0 Å². The molecule has 3 aliphatic carbocycles. The van der Waals surface area contributed by atoms with Gasteiger partial charge >= 0.3 is 0 Å². The van der Waals surface area contributed by atoms with E-state index in [-0.39, 0.29) is 60.4 Å². The number of aliphatic hydroxyl groups excluding tert-OH is 1. The molecule has 0 bridgehead atoms. The highest BCUT2D eigenvalue weighted by atomic mass is 32.2. The van der Waals surface area contributed by atoms with Crippen LogP contribution in [0, 0.1) is 40.4 Å². The van der Waals surface area contributed by atoms with Crippen LogP contribution in [0.5, 0.6) is 0 Å². The van der Waals surface area contributed by atoms with Gasteiger partial charge in [-0.15, -0.1) is 0 Å². The summed E-state index contributed by atoms with van der Waals surface area (Å²) in [6.07, 6.45) is 7.70. The normalized spacial score (nSPS) is 34.1. The highest BCUT2D eigenvalue weighted by Gasteiger charge is 2.55. The number of carbonyl (C=O) groups is 3. The molecule has 3 unspecified atom stereocenters. The monoisotopic (exact) mass is 631 g/mol. The van der Waals surface area contributed by atoms with Crippen molar-refractivity contribution in [1.29, 1.82) is 0 Å². The number of alkyl halides is 1. The second kappa shape index (κ2) is 15.0. The van der Waals surface area contributed by atoms with Crippen LogP contribution in [0.15, 0.2) is 0 Å². The van der Waals surface area contributed by atoms with Crippen LogP contribution in [-0.4, -0.2) is 60.5 Å². The summed E-state index contributed by atoms with van der Waals surface area (Å²) in [4.78, 5) is 35.7. The highest BCUT2D eigenvalue weighted by molar-refractivity contribution is 7.85. The first-order valence-corrected chi connectivity index (χ1v) is 17.8. The van der Waals surface area contributed by atoms with E-state index >= 15 is 0 Å². The summed E-state index contributed by atoms with van der Waals surface area (Å²) in [7, 11) is -4.10. The highest BCUT2D eigenvalue weighted by Crippen LogP contribution is 2.63. The number of rotatable bonds is 15. The quantitative estimate of drug-likeness (QED) is 0.170. The van der Waals surface area contributed by atoms with E-state index in [9.17, 15) is 32.3 Å². The maximum absolute atomic E-state index is 14.1. The third-order valence-electron chi connectivity index (χ3n) is 11.5. The van der Waals surface area contributed by atoms with Crippen molar-refractivity contribution in [3.05, 3.63) is 0 Å². The van der Waals surface area contributed by atoms with Crippen molar-refractivity contribution in [2.75, 3.05) is 12.3 Å². The molecule has 3 aliphatic rings. The van der Waals surface area contributed by atoms with E-state index in [0.717, 1.165) is 51.4 Å². The van der Waals surface area contributed by atoms with E-state index in [0.29, 0.717) is 42.9 Å². The first-order valence-electron chi connectivity index (χ1n) is 16.1. The molecule has 0 aromatic rings. The lowest BCUT2D eigenvalue weighted by Gasteiger charge is -2.55. The second-order valence-corrected chi connectivity index (χ2v) is 15.8. The largest absolute Gasteiger partial charge is 0.370 e. The van der Waals surface area contributed by atoms with E-state index in [1.54, 1.807) is 0 Å². The standard InChI is InChI=1S/C31H54FN3O7S/c1-20(7-10-28(38)34-15-16-43(40,41)42)25-9-8-21-17-22(11-13-31(21,25)3)30(2)14-12-24(18-23(30)19-26(32)36)35-29(39)6-4-5-27(33)37/h20-26,36H,4-19H2,1-3H3,(H2,33,37)(H,34,38)(H,35,39)(H,40,41,42)/t20-,21?,22?,23?,24-,25-,26+,30-,31+/m1/s1. The lowest BCUT2D eigenvalue weighted by molar-refractivity contribution is -0.123. The zero-order valence-corrected chi connectivity index (χ0v) is 27.0. The number of fused-ring (bicyclic) bond motifs is 1. The molecule has 0 aromatic heterocycles. The van der Waals surface area contributed by atoms with E-state index in [1.165, 1.54) is 0 Å². The van der Waals surface area contributed by atoms with E-state index in [2.05, 4.69) is 31.4 Å². The smallest absolute Gasteiger partial charge is 0.266 e. The fourth-order valence-corrected chi connectivity index (χ4v) is 9.34. The first-order chi connectivity index (χ1) is 20.0. The lowest BCUT2D eigenvalue weighted by atomic mass is 9.51. The molecule has 3 saturated carbocycles. The first kappa shape index (κ1) is 35.7. The minimum absolute atomic E-state index is 0.0537. The Kier molecular flexibility index (Phi) is 12.4. The number of carbonyl (C=O) groups excluding carboxylic acids is 3. The number of hydrogen-bond acceptors (Lipinski definition) is 6. The molecule has 0 aliphatic heterocycles. The summed E-state index contributed by atoms with van der Waals surface area (Å²) in [5.41, 5.74) is 5.21. The Labute approximate surface area is 256 Å². The van der Waals surface area contributed by atoms with Crippen molar-refractivity contribution in [2.45, 2.75) is 123 Å². The predicted molar refractivity (Wildman–Crippen MR) is 162 cm³/mol. The van der Waals surface area contributed by atoms with Gasteiger partial charge in [-0.05, 0) is 105 Å². The molecule has 10 nitrogen and oxygen atoms in total. The van der Waals surface area contributed by atoms with Crippen molar-refractivity contribution in [2.24, 2.45) is 46.2 Å². The number of hydrogen-bond donors (Lipinski definition) is 5. The van der Waals surface area contributed by atoms with Gasteiger partial charge in [0.05, 0.1) is 5.75 Å². The Balaban J connectivity index is 1.57. The fourth-order valence-electron chi connectivity index (χ4n) is 8.98. The maximum Gasteiger partial charge on any atom is 0.266 e. The van der Waals surface area contributed by atoms with Gasteiger partial charge in [-0.3, -0.25) is 18.9 Å². The molecule has 3 rings (SSSR count). The average Bonchev–Trinajstić information content (AvgIpc) is 3.24. The van der Waals surface area contributed by atoms with E-state index in [1.807, 2.05) is 0 Å². The van der Waals surface area contributed by atoms with Crippen LogP contribution in [0.4, 0.5) is 4.39 Å². The molecule has 0 saturated heterocycles. The van der Waals surface area contributed by atoms with Crippen molar-refractivity contribution in [3.63, 3.8) is 0 Å². The van der Waals surface area contributed by atoms with Crippen molar-refractivity contribution in [1.82, 2.24) is 10.6 Å². The molecular weight excluding hydrogens is 577 g/mol. The Morgan fingerprint density at radius 2 is 1.65 bits per heavy atom. The van der Waals surface area contributed by atoms with Crippen molar-refractivity contribution < 1.29 is 36.9 Å². The third-order valence-corrected chi connectivity index (χ3v) is 12.3. The van der Waals surface area contributed by atoms with Gasteiger partial charge in [0.25, 0.3) is 10.1 Å². The summed E-state index contributed by atoms with van der Waals surface area (Å²) in [6, 6.07) is -0.0753. The molecule has 248 valence electrons. The predicted octanol–water partition coefficient (Wildman–Crippen LogP) is 3.86. The average molecular weight is 632 g/mol. The Hall–Kier alpha value is -1.79. The molecule has 0 radical (unpaired) electrons. The molecule has 0 aromatic carbocycles. The molecule has 3 fully saturated rings. The molecule has 6 N–H and O–H groups in total. The summed E-state index contributed by atoms with van der Waals surface area (Å²) in [5.74, 6) is 0.477. The van der Waals surface area contributed by atoms with Crippen LogP contribution >= 0.6 is 0 Å². The SMILES string of the molecule is C[C@H](CCC(=O)NCCS(=O)(=O)O)[C@H]1CCC2CC([C@@]3(C)CC[C@@H](NC(=O)CCCC(N)=O)CC3C[C@H](O)F)CC[C@@]21C. The zero-order chi connectivity index (χ0) is 32.0. The molecule has 0 heterocycles.